The lowest BCUT2D eigenvalue weighted by Crippen LogP contribution is -2.32. The maximum atomic E-state index is 9.83. The van der Waals surface area contributed by atoms with Gasteiger partial charge in [0.25, 0.3) is 0 Å². The zero-order chi connectivity index (χ0) is 14.8. The van der Waals surface area contributed by atoms with Crippen LogP contribution in [-0.4, -0.2) is 56.4 Å². The predicted molar refractivity (Wildman–Crippen MR) is 83.3 cm³/mol. The van der Waals surface area contributed by atoms with E-state index in [-0.39, 0.29) is 0 Å². The van der Waals surface area contributed by atoms with Crippen molar-refractivity contribution in [1.29, 1.82) is 0 Å². The highest BCUT2D eigenvalue weighted by Gasteiger charge is 2.04. The second kappa shape index (κ2) is 9.75. The summed E-state index contributed by atoms with van der Waals surface area (Å²) in [4.78, 5) is 2.19. The van der Waals surface area contributed by atoms with Crippen LogP contribution in [-0.2, 0) is 0 Å². The topological polar surface area (TPSA) is 44.7 Å². The third-order valence-electron chi connectivity index (χ3n) is 3.02. The van der Waals surface area contributed by atoms with Gasteiger partial charge in [-0.15, -0.1) is 0 Å². The molecule has 4 nitrogen and oxygen atoms in total. The Morgan fingerprint density at radius 3 is 2.80 bits per heavy atom. The predicted octanol–water partition coefficient (Wildman–Crippen LogP) is 1.67. The summed E-state index contributed by atoms with van der Waals surface area (Å²) < 4.78 is 5.56. The molecule has 20 heavy (non-hydrogen) atoms. The maximum Gasteiger partial charge on any atom is 0.119 e. The van der Waals surface area contributed by atoms with E-state index in [1.54, 1.807) is 0 Å². The zero-order valence-electron chi connectivity index (χ0n) is 12.9. The molecule has 0 aliphatic heterocycles. The molecule has 0 bridgehead atoms. The number of hydrogen-bond acceptors (Lipinski definition) is 4. The van der Waals surface area contributed by atoms with Crippen molar-refractivity contribution in [2.45, 2.75) is 25.9 Å². The lowest BCUT2D eigenvalue weighted by molar-refractivity contribution is 0.106. The van der Waals surface area contributed by atoms with Gasteiger partial charge in [-0.3, -0.25) is 0 Å². The van der Waals surface area contributed by atoms with Gasteiger partial charge in [-0.2, -0.15) is 0 Å². The van der Waals surface area contributed by atoms with Gasteiger partial charge in [0.15, 0.2) is 0 Å². The molecule has 0 amide bonds. The molecule has 0 aliphatic rings. The smallest absolute Gasteiger partial charge is 0.119 e. The van der Waals surface area contributed by atoms with Crippen LogP contribution in [0.3, 0.4) is 0 Å². The third-order valence-corrected chi connectivity index (χ3v) is 3.02. The van der Waals surface area contributed by atoms with E-state index < -0.39 is 6.10 Å². The maximum absolute atomic E-state index is 9.83. The Balaban J connectivity index is 2.04. The van der Waals surface area contributed by atoms with Gasteiger partial charge in [-0.1, -0.05) is 12.1 Å². The average molecular weight is 280 g/mol. The summed E-state index contributed by atoms with van der Waals surface area (Å²) in [7, 11) is 4.17. The van der Waals surface area contributed by atoms with Crippen LogP contribution in [0.2, 0.25) is 0 Å². The highest BCUT2D eigenvalue weighted by Crippen LogP contribution is 2.12. The molecule has 1 aromatic carbocycles. The summed E-state index contributed by atoms with van der Waals surface area (Å²) in [6.07, 6.45) is 1.84. The first-order valence-electron chi connectivity index (χ1n) is 7.31. The molecule has 0 heterocycles. The van der Waals surface area contributed by atoms with Crippen molar-refractivity contribution in [1.82, 2.24) is 10.2 Å². The molecule has 0 radical (unpaired) electrons. The van der Waals surface area contributed by atoms with E-state index in [0.717, 1.165) is 30.8 Å². The molecule has 1 aromatic rings. The zero-order valence-corrected chi connectivity index (χ0v) is 12.9. The van der Waals surface area contributed by atoms with Crippen LogP contribution in [0.15, 0.2) is 24.3 Å². The molecule has 0 aromatic heterocycles. The lowest BCUT2D eigenvalue weighted by Gasteiger charge is -2.14. The molecule has 2 N–H and O–H groups in total. The molecule has 1 unspecified atom stereocenters. The van der Waals surface area contributed by atoms with Gasteiger partial charge in [0.05, 0.1) is 0 Å². The van der Waals surface area contributed by atoms with Gasteiger partial charge >= 0.3 is 0 Å². The number of ether oxygens (including phenoxy) is 1. The second-order valence-corrected chi connectivity index (χ2v) is 5.50. The van der Waals surface area contributed by atoms with Gasteiger partial charge in [0.2, 0.25) is 0 Å². The lowest BCUT2D eigenvalue weighted by atomic mass is 10.2. The van der Waals surface area contributed by atoms with Crippen LogP contribution in [0.1, 0.15) is 18.4 Å². The SMILES string of the molecule is Cc1cccc(OCC(O)CNCCCCN(C)C)c1. The molecule has 0 spiro atoms. The summed E-state index contributed by atoms with van der Waals surface area (Å²) in [6.45, 7) is 4.98. The normalized spacial score (nSPS) is 12.7. The highest BCUT2D eigenvalue weighted by atomic mass is 16.5. The molecule has 4 heteroatoms. The minimum Gasteiger partial charge on any atom is -0.491 e. The Hall–Kier alpha value is -1.10. The highest BCUT2D eigenvalue weighted by molar-refractivity contribution is 5.27. The Bertz CT molecular complexity index is 369. The number of unbranched alkanes of at least 4 members (excludes halogenated alkanes) is 1. The van der Waals surface area contributed by atoms with E-state index in [0.29, 0.717) is 13.2 Å². The van der Waals surface area contributed by atoms with Gasteiger partial charge in [0.1, 0.15) is 18.5 Å². The summed E-state index contributed by atoms with van der Waals surface area (Å²) in [6, 6.07) is 7.87. The monoisotopic (exact) mass is 280 g/mol. The van der Waals surface area contributed by atoms with Crippen molar-refractivity contribution in [3.05, 3.63) is 29.8 Å². The Morgan fingerprint density at radius 1 is 1.30 bits per heavy atom. The largest absolute Gasteiger partial charge is 0.491 e. The summed E-state index contributed by atoms with van der Waals surface area (Å²) >= 11 is 0. The molecule has 1 rings (SSSR count). The number of nitrogens with zero attached hydrogens (tertiary/aromatic N) is 1. The standard InChI is InChI=1S/C16H28N2O2/c1-14-7-6-8-16(11-14)20-13-15(19)12-17-9-4-5-10-18(2)3/h6-8,11,15,17,19H,4-5,9-10,12-13H2,1-3H3. The van der Waals surface area contributed by atoms with E-state index in [2.05, 4.69) is 24.3 Å². The van der Waals surface area contributed by atoms with Gasteiger partial charge in [0, 0.05) is 6.54 Å². The van der Waals surface area contributed by atoms with Gasteiger partial charge < -0.3 is 20.1 Å². The minimum absolute atomic E-state index is 0.328. The number of aliphatic hydroxyl groups is 1. The van der Waals surface area contributed by atoms with E-state index in [1.165, 1.54) is 6.42 Å². The van der Waals surface area contributed by atoms with Gasteiger partial charge in [-0.25, -0.2) is 0 Å². The minimum atomic E-state index is -0.468. The molecule has 114 valence electrons. The summed E-state index contributed by atoms with van der Waals surface area (Å²) in [5, 5.41) is 13.1. The first-order valence-corrected chi connectivity index (χ1v) is 7.31. The Kier molecular flexibility index (Phi) is 8.26. The van der Waals surface area contributed by atoms with Crippen LogP contribution in [0.5, 0.6) is 5.75 Å². The molecule has 0 saturated carbocycles. The molecule has 0 saturated heterocycles. The number of rotatable bonds is 10. The molecule has 0 aliphatic carbocycles. The van der Waals surface area contributed by atoms with Crippen LogP contribution in [0.25, 0.3) is 0 Å². The average Bonchev–Trinajstić information content (AvgIpc) is 2.40. The van der Waals surface area contributed by atoms with Crippen molar-refractivity contribution < 1.29 is 9.84 Å². The number of aryl methyl sites for hydroxylation is 1. The first-order chi connectivity index (χ1) is 9.58. The summed E-state index contributed by atoms with van der Waals surface area (Å²) in [5.41, 5.74) is 1.16. The van der Waals surface area contributed by atoms with E-state index in [4.69, 9.17) is 4.74 Å². The van der Waals surface area contributed by atoms with Gasteiger partial charge in [-0.05, 0) is 64.6 Å². The van der Waals surface area contributed by atoms with Crippen LogP contribution < -0.4 is 10.1 Å². The number of hydrogen-bond donors (Lipinski definition) is 2. The van der Waals surface area contributed by atoms with E-state index in [1.807, 2.05) is 31.2 Å². The Morgan fingerprint density at radius 2 is 2.10 bits per heavy atom. The Labute approximate surface area is 122 Å². The van der Waals surface area contributed by atoms with Crippen LogP contribution in [0, 0.1) is 6.92 Å². The van der Waals surface area contributed by atoms with Crippen molar-refractivity contribution >= 4 is 0 Å². The molecular weight excluding hydrogens is 252 g/mol. The van der Waals surface area contributed by atoms with E-state index in [9.17, 15) is 5.11 Å². The quantitative estimate of drug-likeness (QED) is 0.640. The van der Waals surface area contributed by atoms with Crippen molar-refractivity contribution in [3.8, 4) is 5.75 Å². The molecule has 0 fully saturated rings. The second-order valence-electron chi connectivity index (χ2n) is 5.50. The first kappa shape index (κ1) is 17.0. The fourth-order valence-corrected chi connectivity index (χ4v) is 1.90. The number of nitrogens with one attached hydrogen (secondary N) is 1. The fraction of sp³-hybridized carbons (Fsp3) is 0.625. The van der Waals surface area contributed by atoms with Crippen LogP contribution >= 0.6 is 0 Å². The molecular formula is C16H28N2O2. The third kappa shape index (κ3) is 8.15. The number of aliphatic hydroxyl groups excluding tert-OH is 1. The summed E-state index contributed by atoms with van der Waals surface area (Å²) in [5.74, 6) is 0.815. The molecule has 1 atom stereocenters. The van der Waals surface area contributed by atoms with Crippen molar-refractivity contribution in [2.75, 3.05) is 40.3 Å². The van der Waals surface area contributed by atoms with E-state index >= 15 is 0 Å². The number of benzene rings is 1. The van der Waals surface area contributed by atoms with Crippen LogP contribution in [0.4, 0.5) is 0 Å². The van der Waals surface area contributed by atoms with Crippen molar-refractivity contribution in [2.24, 2.45) is 0 Å². The fourth-order valence-electron chi connectivity index (χ4n) is 1.90. The van der Waals surface area contributed by atoms with Crippen molar-refractivity contribution in [3.63, 3.8) is 0 Å².